The lowest BCUT2D eigenvalue weighted by molar-refractivity contribution is -0.120. The Bertz CT molecular complexity index is 1420. The smallest absolute Gasteiger partial charge is 0.278 e. The Hall–Kier alpha value is -3.97. The molecule has 0 saturated carbocycles. The van der Waals surface area contributed by atoms with Crippen molar-refractivity contribution in [3.63, 3.8) is 0 Å². The number of carbonyl (C=O) groups excluding carboxylic acids is 1. The second-order valence-corrected chi connectivity index (χ2v) is 8.98. The van der Waals surface area contributed by atoms with Crippen LogP contribution < -0.4 is 15.2 Å². The first-order valence-electron chi connectivity index (χ1n) is 10.8. The van der Waals surface area contributed by atoms with Crippen molar-refractivity contribution in [2.24, 2.45) is 5.10 Å². The van der Waals surface area contributed by atoms with Crippen LogP contribution in [0.2, 0.25) is 0 Å². The van der Waals surface area contributed by atoms with E-state index in [-0.39, 0.29) is 11.7 Å². The summed E-state index contributed by atoms with van der Waals surface area (Å²) in [7, 11) is 0. The maximum absolute atomic E-state index is 14.0. The first kappa shape index (κ1) is 20.6. The van der Waals surface area contributed by atoms with Crippen molar-refractivity contribution in [2.45, 2.75) is 5.66 Å². The Labute approximate surface area is 204 Å². The van der Waals surface area contributed by atoms with E-state index in [0.29, 0.717) is 11.4 Å². The molecule has 1 spiro atoms. The molecule has 34 heavy (non-hydrogen) atoms. The molecule has 1 atom stereocenters. The molecule has 0 fully saturated rings. The molecule has 7 heteroatoms. The molecule has 2 aliphatic heterocycles. The Balaban J connectivity index is 1.68. The Morgan fingerprint density at radius 1 is 0.794 bits per heavy atom. The summed E-state index contributed by atoms with van der Waals surface area (Å²) in [5.41, 5.74) is 2.43. The van der Waals surface area contributed by atoms with E-state index in [1.165, 1.54) is 12.1 Å². The summed E-state index contributed by atoms with van der Waals surface area (Å²) in [6.45, 7) is 0. The van der Waals surface area contributed by atoms with Crippen LogP contribution in [0, 0.1) is 5.82 Å². The predicted octanol–water partition coefficient (Wildman–Crippen LogP) is 6.08. The van der Waals surface area contributed by atoms with Crippen LogP contribution in [-0.4, -0.2) is 11.7 Å². The summed E-state index contributed by atoms with van der Waals surface area (Å²) in [6.07, 6.45) is 0. The van der Waals surface area contributed by atoms with Gasteiger partial charge in [-0.25, -0.2) is 9.40 Å². The van der Waals surface area contributed by atoms with Crippen LogP contribution in [0.1, 0.15) is 11.1 Å². The monoisotopic (exact) mass is 512 g/mol. The Morgan fingerprint density at radius 3 is 2.21 bits per heavy atom. The number of amides is 1. The van der Waals surface area contributed by atoms with E-state index < -0.39 is 5.66 Å². The van der Waals surface area contributed by atoms with Crippen LogP contribution in [0.3, 0.4) is 0 Å². The zero-order valence-electron chi connectivity index (χ0n) is 17.8. The summed E-state index contributed by atoms with van der Waals surface area (Å²) in [5, 5.41) is 9.82. The first-order chi connectivity index (χ1) is 16.6. The van der Waals surface area contributed by atoms with Gasteiger partial charge in [0.25, 0.3) is 5.91 Å². The lowest BCUT2D eigenvalue weighted by Gasteiger charge is -2.40. The van der Waals surface area contributed by atoms with Gasteiger partial charge >= 0.3 is 0 Å². The highest BCUT2D eigenvalue weighted by Crippen LogP contribution is 2.50. The minimum Gasteiger partial charge on any atom is -0.322 e. The minimum atomic E-state index is -1.31. The minimum absolute atomic E-state index is 0.221. The summed E-state index contributed by atoms with van der Waals surface area (Å²) in [6, 6.07) is 31.1. The lowest BCUT2D eigenvalue weighted by atomic mass is 9.96. The number of para-hydroxylation sites is 2. The molecule has 1 N–H and O–H groups in total. The SMILES string of the molecule is O=C1Nc2ccccc2C12N(c1ccccc1)N=C(c1ccc(F)cc1)N2c1ccc(Br)cc1. The maximum atomic E-state index is 14.0. The molecule has 0 radical (unpaired) electrons. The van der Waals surface area contributed by atoms with Crippen molar-refractivity contribution >= 4 is 44.7 Å². The second-order valence-electron chi connectivity index (χ2n) is 8.06. The van der Waals surface area contributed by atoms with E-state index in [4.69, 9.17) is 5.10 Å². The van der Waals surface area contributed by atoms with Crippen molar-refractivity contribution in [2.75, 3.05) is 15.2 Å². The van der Waals surface area contributed by atoms with Crippen LogP contribution in [-0.2, 0) is 10.5 Å². The number of nitrogens with zero attached hydrogens (tertiary/aromatic N) is 3. The standard InChI is InChI=1S/C27H18BrFN4O/c28-19-12-16-21(17-13-19)32-25(18-10-14-20(29)15-11-18)31-33(22-6-2-1-3-7-22)27(32)23-8-4-5-9-24(23)30-26(27)34/h1-17H,(H,30,34). The van der Waals surface area contributed by atoms with Gasteiger partial charge in [0.2, 0.25) is 5.66 Å². The summed E-state index contributed by atoms with van der Waals surface area (Å²) < 4.78 is 14.7. The van der Waals surface area contributed by atoms with Crippen molar-refractivity contribution in [3.05, 3.63) is 125 Å². The number of halogens is 2. The van der Waals surface area contributed by atoms with Crippen LogP contribution in [0.15, 0.2) is 113 Å². The molecular formula is C27H18BrFN4O. The number of amidine groups is 1. The molecule has 5 nitrogen and oxygen atoms in total. The molecule has 1 amide bonds. The van der Waals surface area contributed by atoms with E-state index in [1.807, 2.05) is 83.8 Å². The number of carbonyl (C=O) groups is 1. The molecule has 166 valence electrons. The van der Waals surface area contributed by atoms with Gasteiger partial charge in [-0.2, -0.15) is 5.10 Å². The Kier molecular flexibility index (Phi) is 4.74. The maximum Gasteiger partial charge on any atom is 0.278 e. The highest BCUT2D eigenvalue weighted by molar-refractivity contribution is 9.10. The molecular weight excluding hydrogens is 495 g/mol. The number of nitrogens with one attached hydrogen (secondary N) is 1. The predicted molar refractivity (Wildman–Crippen MR) is 135 cm³/mol. The van der Waals surface area contributed by atoms with E-state index in [0.717, 1.165) is 27.1 Å². The molecule has 6 rings (SSSR count). The second kappa shape index (κ2) is 7.81. The quantitative estimate of drug-likeness (QED) is 0.361. The average Bonchev–Trinajstić information content (AvgIpc) is 3.37. The molecule has 0 bridgehead atoms. The van der Waals surface area contributed by atoms with Gasteiger partial charge in [-0.1, -0.05) is 52.3 Å². The highest BCUT2D eigenvalue weighted by Gasteiger charge is 2.61. The van der Waals surface area contributed by atoms with Crippen LogP contribution >= 0.6 is 15.9 Å². The Morgan fingerprint density at radius 2 is 1.47 bits per heavy atom. The van der Waals surface area contributed by atoms with Crippen molar-refractivity contribution in [3.8, 4) is 0 Å². The zero-order chi connectivity index (χ0) is 23.3. The molecule has 2 aliphatic rings. The third-order valence-electron chi connectivity index (χ3n) is 6.09. The molecule has 0 aliphatic carbocycles. The zero-order valence-corrected chi connectivity index (χ0v) is 19.4. The topological polar surface area (TPSA) is 47.9 Å². The van der Waals surface area contributed by atoms with E-state index in [9.17, 15) is 9.18 Å². The normalized spacial score (nSPS) is 18.8. The van der Waals surface area contributed by atoms with Gasteiger partial charge in [-0.15, -0.1) is 0 Å². The van der Waals surface area contributed by atoms with Crippen molar-refractivity contribution in [1.29, 1.82) is 0 Å². The molecule has 4 aromatic carbocycles. The average molecular weight is 513 g/mol. The molecule has 2 heterocycles. The number of hydrazone groups is 1. The fraction of sp³-hybridized carbons (Fsp3) is 0.0370. The highest BCUT2D eigenvalue weighted by atomic mass is 79.9. The summed E-state index contributed by atoms with van der Waals surface area (Å²) >= 11 is 3.50. The molecule has 1 unspecified atom stereocenters. The largest absolute Gasteiger partial charge is 0.322 e. The van der Waals surface area contributed by atoms with Gasteiger partial charge in [0.15, 0.2) is 5.84 Å². The van der Waals surface area contributed by atoms with Crippen LogP contribution in [0.4, 0.5) is 21.5 Å². The van der Waals surface area contributed by atoms with Crippen LogP contribution in [0.25, 0.3) is 0 Å². The fourth-order valence-electron chi connectivity index (χ4n) is 4.62. The number of anilines is 3. The van der Waals surface area contributed by atoms with E-state index >= 15 is 0 Å². The van der Waals surface area contributed by atoms with Crippen LogP contribution in [0.5, 0.6) is 0 Å². The number of benzene rings is 4. The number of hydrogen-bond donors (Lipinski definition) is 1. The van der Waals surface area contributed by atoms with Gasteiger partial charge in [-0.3, -0.25) is 9.69 Å². The summed E-state index contributed by atoms with van der Waals surface area (Å²) in [4.78, 5) is 15.9. The van der Waals surface area contributed by atoms with Gasteiger partial charge in [0.05, 0.1) is 5.69 Å². The molecule has 0 aromatic heterocycles. The third kappa shape index (κ3) is 2.97. The third-order valence-corrected chi connectivity index (χ3v) is 6.62. The number of hydrogen-bond acceptors (Lipinski definition) is 4. The van der Waals surface area contributed by atoms with Gasteiger partial charge in [0.1, 0.15) is 5.82 Å². The molecule has 0 saturated heterocycles. The van der Waals surface area contributed by atoms with E-state index in [2.05, 4.69) is 21.2 Å². The van der Waals surface area contributed by atoms with E-state index in [1.54, 1.807) is 17.1 Å². The molecule has 4 aromatic rings. The van der Waals surface area contributed by atoms with Crippen molar-refractivity contribution < 1.29 is 9.18 Å². The first-order valence-corrected chi connectivity index (χ1v) is 11.5. The number of fused-ring (bicyclic) bond motifs is 2. The van der Waals surface area contributed by atoms with Gasteiger partial charge in [-0.05, 0) is 66.7 Å². The fourth-order valence-corrected chi connectivity index (χ4v) is 4.88. The van der Waals surface area contributed by atoms with Gasteiger partial charge < -0.3 is 5.32 Å². The van der Waals surface area contributed by atoms with Crippen molar-refractivity contribution in [1.82, 2.24) is 0 Å². The summed E-state index contributed by atoms with van der Waals surface area (Å²) in [5.74, 6) is -0.0181. The number of rotatable bonds is 3. The lowest BCUT2D eigenvalue weighted by Crippen LogP contribution is -2.58. The van der Waals surface area contributed by atoms with Gasteiger partial charge in [0, 0.05) is 27.0 Å².